The molecule has 4 N–H and O–H groups in total. The van der Waals surface area contributed by atoms with Gasteiger partial charge in [0.15, 0.2) is 17.2 Å². The average molecular weight is 371 g/mol. The van der Waals surface area contributed by atoms with E-state index in [1.165, 1.54) is 4.52 Å². The van der Waals surface area contributed by atoms with Crippen LogP contribution in [0.2, 0.25) is 0 Å². The zero-order valence-corrected chi connectivity index (χ0v) is 14.3. The molecule has 0 unspecified atom stereocenters. The van der Waals surface area contributed by atoms with E-state index in [2.05, 4.69) is 37.8 Å². The third-order valence-electron chi connectivity index (χ3n) is 3.58. The number of aromatic nitrogens is 3. The molecule has 0 aliphatic heterocycles. The number of fused-ring (bicyclic) bond motifs is 1. The van der Waals surface area contributed by atoms with Gasteiger partial charge in [-0.3, -0.25) is 5.26 Å². The third-order valence-corrected chi connectivity index (χ3v) is 3.86. The molecule has 10 nitrogen and oxygen atoms in total. The molecule has 132 valence electrons. The number of nitrogens with two attached hydrogens (primary N) is 1. The second-order valence-corrected chi connectivity index (χ2v) is 5.78. The van der Waals surface area contributed by atoms with Gasteiger partial charge in [0.1, 0.15) is 18.2 Å². The van der Waals surface area contributed by atoms with Crippen LogP contribution in [0.15, 0.2) is 33.3 Å². The van der Waals surface area contributed by atoms with Crippen molar-refractivity contribution in [3.05, 3.63) is 35.0 Å². The second-order valence-electron chi connectivity index (χ2n) is 5.26. The number of hydrogen-bond donors (Lipinski definition) is 4. The van der Waals surface area contributed by atoms with E-state index >= 15 is 0 Å². The van der Waals surface area contributed by atoms with Crippen molar-refractivity contribution in [2.24, 2.45) is 10.2 Å². The quantitative estimate of drug-likeness (QED) is 0.238. The minimum absolute atomic E-state index is 0.0216. The predicted octanol–water partition coefficient (Wildman–Crippen LogP) is 2.89. The van der Waals surface area contributed by atoms with Crippen LogP contribution in [0.3, 0.4) is 0 Å². The van der Waals surface area contributed by atoms with E-state index in [1.54, 1.807) is 25.1 Å². The van der Waals surface area contributed by atoms with E-state index in [-0.39, 0.29) is 29.3 Å². The summed E-state index contributed by atoms with van der Waals surface area (Å²) in [6.45, 7) is 1.51. The number of rotatable bonds is 4. The molecule has 0 saturated heterocycles. The maximum atomic E-state index is 10.1. The molecule has 0 atom stereocenters. The van der Waals surface area contributed by atoms with Crippen molar-refractivity contribution in [1.29, 1.82) is 5.26 Å². The number of nitrogen functional groups attached to an aromatic ring is 1. The molecule has 1 aromatic carbocycles. The molecule has 0 aliphatic rings. The topological polar surface area (TPSA) is 154 Å². The summed E-state index contributed by atoms with van der Waals surface area (Å²) in [5.74, 6) is -0.507. The van der Waals surface area contributed by atoms with Crippen molar-refractivity contribution in [2.45, 2.75) is 18.4 Å². The Morgan fingerprint density at radius 1 is 1.42 bits per heavy atom. The van der Waals surface area contributed by atoms with Crippen molar-refractivity contribution in [3.8, 4) is 11.9 Å². The maximum Gasteiger partial charge on any atom is 0.245 e. The fraction of sp³-hybridized carbons (Fsp3) is 0.133. The molecular weight excluding hydrogens is 358 g/mol. The molecule has 0 bridgehead atoms. The van der Waals surface area contributed by atoms with E-state index < -0.39 is 5.88 Å². The minimum atomic E-state index is -0.485. The highest BCUT2D eigenvalue weighted by molar-refractivity contribution is 7.80. The summed E-state index contributed by atoms with van der Waals surface area (Å²) in [5.41, 5.74) is 7.57. The summed E-state index contributed by atoms with van der Waals surface area (Å²) in [6, 6.07) is 6.91. The molecule has 0 radical (unpaired) electrons. The highest BCUT2D eigenvalue weighted by Crippen LogP contribution is 2.35. The molecule has 0 aliphatic carbocycles. The summed E-state index contributed by atoms with van der Waals surface area (Å²) in [5, 5.41) is 40.1. The summed E-state index contributed by atoms with van der Waals surface area (Å²) in [6.07, 6.45) is 0. The molecular formula is C15H13N7O3S. The van der Waals surface area contributed by atoms with Gasteiger partial charge in [0.2, 0.25) is 5.88 Å². The molecule has 2 aromatic heterocycles. The van der Waals surface area contributed by atoms with Crippen LogP contribution in [0.1, 0.15) is 16.8 Å². The molecule has 26 heavy (non-hydrogen) atoms. The van der Waals surface area contributed by atoms with Crippen LogP contribution in [-0.2, 0) is 11.5 Å². The van der Waals surface area contributed by atoms with E-state index in [1.807, 2.05) is 6.07 Å². The number of aryl methyl sites for hydroxylation is 1. The van der Waals surface area contributed by atoms with Gasteiger partial charge in [-0.25, -0.2) is 4.89 Å². The molecule has 3 aromatic rings. The van der Waals surface area contributed by atoms with Gasteiger partial charge in [0, 0.05) is 10.5 Å². The fourth-order valence-corrected chi connectivity index (χ4v) is 2.57. The van der Waals surface area contributed by atoms with Crippen LogP contribution in [0, 0.1) is 18.3 Å². The van der Waals surface area contributed by atoms with Gasteiger partial charge in [-0.2, -0.15) is 19.9 Å². The Morgan fingerprint density at radius 2 is 2.19 bits per heavy atom. The van der Waals surface area contributed by atoms with Gasteiger partial charge in [-0.15, -0.1) is 22.9 Å². The SMILES string of the molecule is Cc1nn2c(N)c(/N=N/c3ccc(S)cc3COO)c(O)nc2c1C#N. The summed E-state index contributed by atoms with van der Waals surface area (Å²) in [4.78, 5) is 8.73. The van der Waals surface area contributed by atoms with Gasteiger partial charge in [0.25, 0.3) is 0 Å². The highest BCUT2D eigenvalue weighted by Gasteiger charge is 2.18. The predicted molar refractivity (Wildman–Crippen MR) is 93.8 cm³/mol. The molecule has 0 spiro atoms. The molecule has 3 rings (SSSR count). The zero-order valence-electron chi connectivity index (χ0n) is 13.4. The lowest BCUT2D eigenvalue weighted by Crippen LogP contribution is -2.01. The Balaban J connectivity index is 2.10. The van der Waals surface area contributed by atoms with Crippen LogP contribution < -0.4 is 5.73 Å². The fourth-order valence-electron chi connectivity index (χ4n) is 2.34. The van der Waals surface area contributed by atoms with E-state index in [0.29, 0.717) is 21.8 Å². The number of thiol groups is 1. The zero-order chi connectivity index (χ0) is 18.8. The third kappa shape index (κ3) is 3.04. The summed E-state index contributed by atoms with van der Waals surface area (Å²) in [7, 11) is 0. The number of nitriles is 1. The van der Waals surface area contributed by atoms with Crippen LogP contribution in [0.25, 0.3) is 5.65 Å². The first-order valence-electron chi connectivity index (χ1n) is 7.24. The molecule has 2 heterocycles. The average Bonchev–Trinajstić information content (AvgIpc) is 2.92. The number of anilines is 1. The molecule has 0 amide bonds. The van der Waals surface area contributed by atoms with E-state index in [4.69, 9.17) is 16.3 Å². The summed E-state index contributed by atoms with van der Waals surface area (Å²) >= 11 is 4.21. The number of azo groups is 1. The van der Waals surface area contributed by atoms with Gasteiger partial charge >= 0.3 is 0 Å². The number of aromatic hydroxyl groups is 1. The second kappa shape index (κ2) is 6.96. The first-order chi connectivity index (χ1) is 12.5. The van der Waals surface area contributed by atoms with Crippen LogP contribution in [-0.4, -0.2) is 25.0 Å². The van der Waals surface area contributed by atoms with Crippen molar-refractivity contribution in [2.75, 3.05) is 5.73 Å². The molecule has 0 fully saturated rings. The standard InChI is InChI=1S/C15H13N7O3S/c1-7-10(5-16)14-18-15(23)12(13(17)22(14)21-7)20-19-11-3-2-9(26)4-8(11)6-25-24/h2-4,24,26H,6,17H2,1H3,(H,18,23)/b20-19+. The van der Waals surface area contributed by atoms with E-state index in [9.17, 15) is 5.11 Å². The Morgan fingerprint density at radius 3 is 2.88 bits per heavy atom. The Kier molecular flexibility index (Phi) is 4.72. The van der Waals surface area contributed by atoms with Gasteiger partial charge in [0.05, 0.1) is 11.4 Å². The van der Waals surface area contributed by atoms with Crippen molar-refractivity contribution >= 4 is 35.5 Å². The number of hydrogen-bond acceptors (Lipinski definition) is 10. The lowest BCUT2D eigenvalue weighted by atomic mass is 10.2. The van der Waals surface area contributed by atoms with Gasteiger partial charge < -0.3 is 10.8 Å². The largest absolute Gasteiger partial charge is 0.492 e. The van der Waals surface area contributed by atoms with Crippen LogP contribution in [0.4, 0.5) is 17.2 Å². The first kappa shape index (κ1) is 17.6. The van der Waals surface area contributed by atoms with Crippen LogP contribution in [0.5, 0.6) is 5.88 Å². The van der Waals surface area contributed by atoms with Gasteiger partial charge in [-0.05, 0) is 25.1 Å². The van der Waals surface area contributed by atoms with E-state index in [0.717, 1.165) is 0 Å². The Labute approximate surface area is 152 Å². The van der Waals surface area contributed by atoms with Crippen LogP contribution >= 0.6 is 12.6 Å². The number of nitrogens with zero attached hydrogens (tertiary/aromatic N) is 6. The Hall–Kier alpha value is -3.20. The first-order valence-corrected chi connectivity index (χ1v) is 7.68. The number of benzene rings is 1. The highest BCUT2D eigenvalue weighted by atomic mass is 32.1. The Bertz CT molecular complexity index is 1070. The normalized spacial score (nSPS) is 11.3. The van der Waals surface area contributed by atoms with Crippen molar-refractivity contribution in [1.82, 2.24) is 14.6 Å². The smallest absolute Gasteiger partial charge is 0.245 e. The molecule has 0 saturated carbocycles. The van der Waals surface area contributed by atoms with Gasteiger partial charge in [-0.1, -0.05) is 0 Å². The lowest BCUT2D eigenvalue weighted by molar-refractivity contribution is -0.252. The lowest BCUT2D eigenvalue weighted by Gasteiger charge is -2.06. The van der Waals surface area contributed by atoms with Crippen molar-refractivity contribution in [3.63, 3.8) is 0 Å². The monoisotopic (exact) mass is 371 g/mol. The van der Waals surface area contributed by atoms with Crippen molar-refractivity contribution < 1.29 is 15.3 Å². The maximum absolute atomic E-state index is 10.1. The molecule has 11 heteroatoms. The summed E-state index contributed by atoms with van der Waals surface area (Å²) < 4.78 is 1.22. The minimum Gasteiger partial charge on any atom is -0.492 e.